The summed E-state index contributed by atoms with van der Waals surface area (Å²) in [6, 6.07) is 5.14. The lowest BCUT2D eigenvalue weighted by Crippen LogP contribution is -2.15. The maximum atomic E-state index is 12.7. The summed E-state index contributed by atoms with van der Waals surface area (Å²) >= 11 is 6.73. The standard InChI is InChI=1S/C13H13Br2N3O2/c1-20-5-4-18-12(11(15)7-17-18)13(19)9-6-8(16)2-3-10(9)14/h2-3,6-7H,4-5,16H2,1H3. The van der Waals surface area contributed by atoms with Crippen LogP contribution in [-0.4, -0.2) is 29.3 Å². The number of carbonyl (C=O) groups is 1. The first-order chi connectivity index (χ1) is 9.54. The summed E-state index contributed by atoms with van der Waals surface area (Å²) in [5, 5.41) is 4.17. The largest absolute Gasteiger partial charge is 0.399 e. The number of benzene rings is 1. The lowest BCUT2D eigenvalue weighted by atomic mass is 10.1. The van der Waals surface area contributed by atoms with Crippen LogP contribution in [0.25, 0.3) is 0 Å². The first-order valence-electron chi connectivity index (χ1n) is 5.84. The minimum Gasteiger partial charge on any atom is -0.399 e. The molecule has 0 fully saturated rings. The zero-order valence-electron chi connectivity index (χ0n) is 10.8. The summed E-state index contributed by atoms with van der Waals surface area (Å²) in [6.45, 7) is 0.982. The smallest absolute Gasteiger partial charge is 0.213 e. The first-order valence-corrected chi connectivity index (χ1v) is 7.43. The molecule has 1 aromatic heterocycles. The number of nitrogens with two attached hydrogens (primary N) is 1. The molecule has 7 heteroatoms. The second-order valence-electron chi connectivity index (χ2n) is 4.13. The van der Waals surface area contributed by atoms with Crippen molar-refractivity contribution in [2.45, 2.75) is 6.54 Å². The molecule has 5 nitrogen and oxygen atoms in total. The Hall–Kier alpha value is -1.18. The molecule has 2 rings (SSSR count). The quantitative estimate of drug-likeness (QED) is 0.616. The van der Waals surface area contributed by atoms with Crippen molar-refractivity contribution in [2.24, 2.45) is 0 Å². The van der Waals surface area contributed by atoms with Gasteiger partial charge in [-0.25, -0.2) is 0 Å². The van der Waals surface area contributed by atoms with Gasteiger partial charge in [0.15, 0.2) is 0 Å². The third-order valence-electron chi connectivity index (χ3n) is 2.75. The molecule has 106 valence electrons. The van der Waals surface area contributed by atoms with Crippen molar-refractivity contribution < 1.29 is 9.53 Å². The van der Waals surface area contributed by atoms with Gasteiger partial charge in [0.25, 0.3) is 0 Å². The van der Waals surface area contributed by atoms with Gasteiger partial charge >= 0.3 is 0 Å². The normalized spacial score (nSPS) is 10.8. The van der Waals surface area contributed by atoms with E-state index < -0.39 is 0 Å². The van der Waals surface area contributed by atoms with E-state index in [-0.39, 0.29) is 5.78 Å². The summed E-state index contributed by atoms with van der Waals surface area (Å²) in [7, 11) is 1.61. The van der Waals surface area contributed by atoms with Crippen LogP contribution in [0.5, 0.6) is 0 Å². The van der Waals surface area contributed by atoms with Gasteiger partial charge in [0, 0.05) is 22.8 Å². The summed E-state index contributed by atoms with van der Waals surface area (Å²) < 4.78 is 7.98. The number of nitrogens with zero attached hydrogens (tertiary/aromatic N) is 2. The van der Waals surface area contributed by atoms with Gasteiger partial charge in [0.05, 0.1) is 23.8 Å². The molecular weight excluding hydrogens is 390 g/mol. The van der Waals surface area contributed by atoms with Gasteiger partial charge in [0.2, 0.25) is 5.78 Å². The molecule has 2 aromatic rings. The van der Waals surface area contributed by atoms with Crippen molar-refractivity contribution in [3.05, 3.63) is 44.6 Å². The third kappa shape index (κ3) is 3.11. The lowest BCUT2D eigenvalue weighted by molar-refractivity contribution is 0.102. The van der Waals surface area contributed by atoms with Crippen molar-refractivity contribution in [1.82, 2.24) is 9.78 Å². The minimum absolute atomic E-state index is 0.148. The van der Waals surface area contributed by atoms with E-state index in [0.29, 0.717) is 39.0 Å². The predicted octanol–water partition coefficient (Wildman–Crippen LogP) is 2.87. The Labute approximate surface area is 133 Å². The average molecular weight is 403 g/mol. The fraction of sp³-hybridized carbons (Fsp3) is 0.231. The van der Waals surface area contributed by atoms with Crippen LogP contribution in [0, 0.1) is 0 Å². The van der Waals surface area contributed by atoms with E-state index in [1.54, 1.807) is 36.2 Å². The molecule has 0 atom stereocenters. The molecule has 20 heavy (non-hydrogen) atoms. The lowest BCUT2D eigenvalue weighted by Gasteiger charge is -2.09. The highest BCUT2D eigenvalue weighted by molar-refractivity contribution is 9.10. The van der Waals surface area contributed by atoms with E-state index in [1.807, 2.05) is 0 Å². The van der Waals surface area contributed by atoms with Gasteiger partial charge in [-0.1, -0.05) is 15.9 Å². The van der Waals surface area contributed by atoms with Crippen LogP contribution in [0.4, 0.5) is 5.69 Å². The van der Waals surface area contributed by atoms with E-state index in [2.05, 4.69) is 37.0 Å². The van der Waals surface area contributed by atoms with Gasteiger partial charge in [-0.2, -0.15) is 5.10 Å². The Kier molecular flexibility index (Phi) is 4.95. The van der Waals surface area contributed by atoms with Gasteiger partial charge in [-0.15, -0.1) is 0 Å². The van der Waals surface area contributed by atoms with Crippen LogP contribution >= 0.6 is 31.9 Å². The van der Waals surface area contributed by atoms with Gasteiger partial charge < -0.3 is 10.5 Å². The van der Waals surface area contributed by atoms with Crippen LogP contribution in [0.3, 0.4) is 0 Å². The fourth-order valence-electron chi connectivity index (χ4n) is 1.78. The Balaban J connectivity index is 2.42. The zero-order chi connectivity index (χ0) is 14.7. The predicted molar refractivity (Wildman–Crippen MR) is 83.8 cm³/mol. The average Bonchev–Trinajstić information content (AvgIpc) is 2.79. The monoisotopic (exact) mass is 401 g/mol. The Morgan fingerprint density at radius 3 is 2.85 bits per heavy atom. The summed E-state index contributed by atoms with van der Waals surface area (Å²) in [5.41, 5.74) is 7.27. The number of nitrogen functional groups attached to an aromatic ring is 1. The molecule has 1 aromatic carbocycles. The first kappa shape index (κ1) is 15.2. The number of rotatable bonds is 5. The molecule has 0 saturated carbocycles. The van der Waals surface area contributed by atoms with Crippen molar-refractivity contribution in [3.63, 3.8) is 0 Å². The minimum atomic E-state index is -0.148. The van der Waals surface area contributed by atoms with Crippen LogP contribution < -0.4 is 5.73 Å². The molecule has 2 N–H and O–H groups in total. The second kappa shape index (κ2) is 6.51. The van der Waals surface area contributed by atoms with E-state index in [0.717, 1.165) is 0 Å². The third-order valence-corrected chi connectivity index (χ3v) is 4.02. The van der Waals surface area contributed by atoms with E-state index in [1.165, 1.54) is 0 Å². The number of ether oxygens (including phenoxy) is 1. The van der Waals surface area contributed by atoms with Crippen molar-refractivity contribution in [1.29, 1.82) is 0 Å². The SMILES string of the molecule is COCCn1ncc(Br)c1C(=O)c1cc(N)ccc1Br. The Bertz CT molecular complexity index is 641. The van der Waals surface area contributed by atoms with Crippen molar-refractivity contribution >= 4 is 43.3 Å². The molecule has 0 saturated heterocycles. The van der Waals surface area contributed by atoms with Crippen LogP contribution in [0.2, 0.25) is 0 Å². The second-order valence-corrected chi connectivity index (χ2v) is 5.83. The highest BCUT2D eigenvalue weighted by Crippen LogP contribution is 2.26. The molecule has 0 unspecified atom stereocenters. The molecule has 0 amide bonds. The Morgan fingerprint density at radius 1 is 1.40 bits per heavy atom. The van der Waals surface area contributed by atoms with Crippen LogP contribution in [-0.2, 0) is 11.3 Å². The zero-order valence-corrected chi connectivity index (χ0v) is 13.9. The molecule has 0 aliphatic carbocycles. The molecule has 0 bridgehead atoms. The number of halogens is 2. The summed E-state index contributed by atoms with van der Waals surface area (Å²) in [6.07, 6.45) is 1.60. The maximum Gasteiger partial charge on any atom is 0.213 e. The highest BCUT2D eigenvalue weighted by Gasteiger charge is 2.21. The maximum absolute atomic E-state index is 12.7. The van der Waals surface area contributed by atoms with Gasteiger partial charge in [-0.05, 0) is 34.1 Å². The van der Waals surface area contributed by atoms with E-state index in [4.69, 9.17) is 10.5 Å². The van der Waals surface area contributed by atoms with Crippen molar-refractivity contribution in [3.8, 4) is 0 Å². The Morgan fingerprint density at radius 2 is 2.15 bits per heavy atom. The molecular formula is C13H13Br2N3O2. The number of ketones is 1. The molecule has 0 spiro atoms. The molecule has 0 aliphatic heterocycles. The van der Waals surface area contributed by atoms with E-state index in [9.17, 15) is 4.79 Å². The highest BCUT2D eigenvalue weighted by atomic mass is 79.9. The number of hydrogen-bond acceptors (Lipinski definition) is 4. The number of hydrogen-bond donors (Lipinski definition) is 1. The molecule has 1 heterocycles. The topological polar surface area (TPSA) is 70.1 Å². The van der Waals surface area contributed by atoms with E-state index >= 15 is 0 Å². The number of aromatic nitrogens is 2. The summed E-state index contributed by atoms with van der Waals surface area (Å²) in [5.74, 6) is -0.148. The van der Waals surface area contributed by atoms with Gasteiger partial charge in [0.1, 0.15) is 5.69 Å². The van der Waals surface area contributed by atoms with Crippen LogP contribution in [0.1, 0.15) is 16.1 Å². The molecule has 0 aliphatic rings. The van der Waals surface area contributed by atoms with Crippen molar-refractivity contribution in [2.75, 3.05) is 19.5 Å². The number of anilines is 1. The molecule has 0 radical (unpaired) electrons. The summed E-state index contributed by atoms with van der Waals surface area (Å²) in [4.78, 5) is 12.7. The van der Waals surface area contributed by atoms with Gasteiger partial charge in [-0.3, -0.25) is 9.48 Å². The number of methoxy groups -OCH3 is 1. The number of carbonyl (C=O) groups excluding carboxylic acids is 1. The van der Waals surface area contributed by atoms with Crippen LogP contribution in [0.15, 0.2) is 33.3 Å². The fourth-order valence-corrected chi connectivity index (χ4v) is 2.68.